The highest BCUT2D eigenvalue weighted by Gasteiger charge is 2.69. The lowest BCUT2D eigenvalue weighted by Gasteiger charge is -2.38. The standard InChI is InChI=1S/C37H63N7O7S/c1-10-15-26(31(45)33(47)38-18-11-2)39-32(46)30-28-25(37(28,8)9)21-43(30)34(48)29(24-16-13-12-14-17-24)41-35(49)40-27(36(5,6)7)22-42-19-20-44(23(3)4)52(42,50)51/h11,23-30H,2,10,12-22H2,1,3-9H3,(H,38,47)(H,39,46)(H2,40,41,49)/t25-,26?,27+,28-,29-,30-/m0/s1. The summed E-state index contributed by atoms with van der Waals surface area (Å²) in [6.45, 7) is 20.3. The zero-order chi connectivity index (χ0) is 38.8. The molecule has 0 aromatic rings. The van der Waals surface area contributed by atoms with Gasteiger partial charge in [-0.3, -0.25) is 19.2 Å². The molecule has 294 valence electrons. The summed E-state index contributed by atoms with van der Waals surface area (Å²) >= 11 is 0. The van der Waals surface area contributed by atoms with Gasteiger partial charge in [0.1, 0.15) is 12.1 Å². The Bertz CT molecular complexity index is 1470. The summed E-state index contributed by atoms with van der Waals surface area (Å²) in [7, 11) is -3.69. The first-order valence-corrected chi connectivity index (χ1v) is 20.5. The molecule has 4 aliphatic rings. The van der Waals surface area contributed by atoms with E-state index in [0.717, 1.165) is 32.1 Å². The molecule has 4 rings (SSSR count). The molecule has 0 aromatic carbocycles. The van der Waals surface area contributed by atoms with Crippen molar-refractivity contribution in [3.63, 3.8) is 0 Å². The molecule has 0 spiro atoms. The highest BCUT2D eigenvalue weighted by Crippen LogP contribution is 2.65. The van der Waals surface area contributed by atoms with E-state index in [1.807, 2.05) is 41.5 Å². The van der Waals surface area contributed by atoms with Gasteiger partial charge in [-0.05, 0) is 61.7 Å². The Hall–Kier alpha value is -3.04. The maximum atomic E-state index is 14.7. The van der Waals surface area contributed by atoms with Crippen molar-refractivity contribution in [2.45, 2.75) is 131 Å². The summed E-state index contributed by atoms with van der Waals surface area (Å²) in [5.41, 5.74) is -0.709. The van der Waals surface area contributed by atoms with Gasteiger partial charge in [-0.25, -0.2) is 4.79 Å². The monoisotopic (exact) mass is 749 g/mol. The Morgan fingerprint density at radius 2 is 1.63 bits per heavy atom. The predicted molar refractivity (Wildman–Crippen MR) is 199 cm³/mol. The molecule has 0 bridgehead atoms. The normalized spacial score (nSPS) is 26.2. The van der Waals surface area contributed by atoms with Crippen molar-refractivity contribution >= 4 is 39.7 Å². The van der Waals surface area contributed by atoms with Gasteiger partial charge in [0.25, 0.3) is 16.1 Å². The first-order chi connectivity index (χ1) is 24.3. The van der Waals surface area contributed by atoms with Gasteiger partial charge in [-0.15, -0.1) is 6.58 Å². The zero-order valence-corrected chi connectivity index (χ0v) is 33.3. The molecule has 14 nitrogen and oxygen atoms in total. The van der Waals surface area contributed by atoms with E-state index in [4.69, 9.17) is 0 Å². The summed E-state index contributed by atoms with van der Waals surface area (Å²) < 4.78 is 29.4. The Kier molecular flexibility index (Phi) is 13.3. The van der Waals surface area contributed by atoms with Crippen LogP contribution in [0.2, 0.25) is 0 Å². The molecule has 2 heterocycles. The Labute approximate surface area is 310 Å². The van der Waals surface area contributed by atoms with Gasteiger partial charge < -0.3 is 26.2 Å². The molecule has 0 radical (unpaired) electrons. The number of carbonyl (C=O) groups excluding carboxylic acids is 5. The van der Waals surface area contributed by atoms with Crippen LogP contribution in [0.4, 0.5) is 4.79 Å². The van der Waals surface area contributed by atoms with Gasteiger partial charge in [0.2, 0.25) is 17.6 Å². The number of amides is 5. The third kappa shape index (κ3) is 9.00. The third-order valence-corrected chi connectivity index (χ3v) is 14.0. The number of likely N-dealkylation sites (tertiary alicyclic amines) is 1. The smallest absolute Gasteiger partial charge is 0.315 e. The molecule has 2 saturated heterocycles. The fourth-order valence-corrected chi connectivity index (χ4v) is 10.2. The van der Waals surface area contributed by atoms with Crippen LogP contribution >= 0.6 is 0 Å². The minimum absolute atomic E-state index is 0.0716. The molecule has 2 saturated carbocycles. The topological polar surface area (TPSA) is 177 Å². The van der Waals surface area contributed by atoms with Crippen molar-refractivity contribution in [2.75, 3.05) is 32.7 Å². The molecule has 2 aliphatic heterocycles. The van der Waals surface area contributed by atoms with Crippen molar-refractivity contribution in [3.8, 4) is 0 Å². The van der Waals surface area contributed by atoms with Gasteiger partial charge >= 0.3 is 6.03 Å². The van der Waals surface area contributed by atoms with Crippen LogP contribution in [0, 0.1) is 28.6 Å². The lowest BCUT2D eigenvalue weighted by Crippen LogP contribution is -2.62. The second-order valence-corrected chi connectivity index (χ2v) is 19.0. The zero-order valence-electron chi connectivity index (χ0n) is 32.5. The van der Waals surface area contributed by atoms with Crippen LogP contribution in [0.15, 0.2) is 12.7 Å². The minimum atomic E-state index is -3.69. The van der Waals surface area contributed by atoms with Gasteiger partial charge in [0.15, 0.2) is 0 Å². The highest BCUT2D eigenvalue weighted by atomic mass is 32.2. The fourth-order valence-electron chi connectivity index (χ4n) is 8.45. The van der Waals surface area contributed by atoms with Crippen LogP contribution in [-0.2, 0) is 29.4 Å². The van der Waals surface area contributed by atoms with Gasteiger partial charge in [0, 0.05) is 44.8 Å². The Morgan fingerprint density at radius 1 is 0.981 bits per heavy atom. The molecule has 5 amide bonds. The van der Waals surface area contributed by atoms with Crippen molar-refractivity contribution in [1.29, 1.82) is 0 Å². The van der Waals surface area contributed by atoms with Crippen molar-refractivity contribution in [2.24, 2.45) is 28.6 Å². The number of carbonyl (C=O) groups is 5. The number of nitrogens with one attached hydrogen (secondary N) is 4. The van der Waals surface area contributed by atoms with E-state index < -0.39 is 63.4 Å². The molecule has 1 unspecified atom stereocenters. The number of rotatable bonds is 15. The van der Waals surface area contributed by atoms with Crippen LogP contribution in [-0.4, -0.2) is 114 Å². The SMILES string of the molecule is C=CCNC(=O)C(=O)C(CCC)NC(=O)[C@@H]1[C@@H]2[C@H](CN1C(=O)[C@@H](NC(=O)N[C@H](CN1CCN(C(C)C)S1(=O)=O)C(C)(C)C)C1CCCCC1)C2(C)C. The van der Waals surface area contributed by atoms with E-state index in [9.17, 15) is 32.4 Å². The lowest BCUT2D eigenvalue weighted by atomic mass is 9.83. The average Bonchev–Trinajstić information content (AvgIpc) is 3.34. The summed E-state index contributed by atoms with van der Waals surface area (Å²) in [6.07, 6.45) is 6.63. The Balaban J connectivity index is 1.55. The Morgan fingerprint density at radius 3 is 2.19 bits per heavy atom. The van der Waals surface area contributed by atoms with Crippen LogP contribution in [0.3, 0.4) is 0 Å². The number of fused-ring (bicyclic) bond motifs is 1. The minimum Gasteiger partial charge on any atom is -0.346 e. The number of nitrogens with zero attached hydrogens (tertiary/aromatic N) is 3. The molecule has 52 heavy (non-hydrogen) atoms. The first-order valence-electron chi connectivity index (χ1n) is 19.1. The number of ketones is 1. The lowest BCUT2D eigenvalue weighted by molar-refractivity contribution is -0.144. The number of Topliss-reactive ketones (excluding diaryl/α,β-unsaturated/α-hetero) is 1. The van der Waals surface area contributed by atoms with Crippen LogP contribution in [0.5, 0.6) is 0 Å². The summed E-state index contributed by atoms with van der Waals surface area (Å²) in [5.74, 6) is -2.57. The molecule has 6 atom stereocenters. The maximum absolute atomic E-state index is 14.7. The molecule has 15 heteroatoms. The molecule has 4 fully saturated rings. The second-order valence-electron chi connectivity index (χ2n) is 17.1. The van der Waals surface area contributed by atoms with E-state index >= 15 is 0 Å². The van der Waals surface area contributed by atoms with E-state index in [1.54, 1.807) is 4.90 Å². The van der Waals surface area contributed by atoms with E-state index in [2.05, 4.69) is 41.7 Å². The first kappa shape index (κ1) is 41.7. The van der Waals surface area contributed by atoms with E-state index in [1.165, 1.54) is 14.7 Å². The van der Waals surface area contributed by atoms with Crippen LogP contribution < -0.4 is 21.3 Å². The van der Waals surface area contributed by atoms with Gasteiger partial charge in [0.05, 0.1) is 6.04 Å². The average molecular weight is 750 g/mol. The molecular formula is C37H63N7O7S. The van der Waals surface area contributed by atoms with Crippen molar-refractivity contribution < 1.29 is 32.4 Å². The number of urea groups is 1. The molecular weight excluding hydrogens is 687 g/mol. The number of hydrogen-bond donors (Lipinski definition) is 4. The molecule has 0 aromatic heterocycles. The summed E-state index contributed by atoms with van der Waals surface area (Å²) in [4.78, 5) is 69.8. The number of piperidine rings is 1. The van der Waals surface area contributed by atoms with Crippen molar-refractivity contribution in [1.82, 2.24) is 34.8 Å². The quantitative estimate of drug-likeness (QED) is 0.147. The van der Waals surface area contributed by atoms with Crippen molar-refractivity contribution in [3.05, 3.63) is 12.7 Å². The van der Waals surface area contributed by atoms with E-state index in [-0.39, 0.29) is 54.6 Å². The van der Waals surface area contributed by atoms with Crippen LogP contribution in [0.25, 0.3) is 0 Å². The number of hydrogen-bond acceptors (Lipinski definition) is 7. The predicted octanol–water partition coefficient (Wildman–Crippen LogP) is 2.56. The van der Waals surface area contributed by atoms with Crippen LogP contribution in [0.1, 0.15) is 100 Å². The highest BCUT2D eigenvalue weighted by molar-refractivity contribution is 7.87. The summed E-state index contributed by atoms with van der Waals surface area (Å²) in [6, 6.07) is -4.12. The second kappa shape index (κ2) is 16.5. The van der Waals surface area contributed by atoms with Gasteiger partial charge in [-0.1, -0.05) is 73.3 Å². The summed E-state index contributed by atoms with van der Waals surface area (Å²) in [5, 5.41) is 11.3. The molecule has 2 aliphatic carbocycles. The molecule has 4 N–H and O–H groups in total. The maximum Gasteiger partial charge on any atom is 0.315 e. The largest absolute Gasteiger partial charge is 0.346 e. The fraction of sp³-hybridized carbons (Fsp3) is 0.811. The third-order valence-electron chi connectivity index (χ3n) is 11.8. The van der Waals surface area contributed by atoms with Gasteiger partial charge in [-0.2, -0.15) is 17.0 Å². The van der Waals surface area contributed by atoms with E-state index in [0.29, 0.717) is 26.1 Å².